The van der Waals surface area contributed by atoms with Crippen LogP contribution in [0.2, 0.25) is 0 Å². The van der Waals surface area contributed by atoms with Gasteiger partial charge in [0, 0.05) is 10.5 Å². The molecule has 0 spiro atoms. The number of fused-ring (bicyclic) bond motifs is 1. The molecule has 6 heteroatoms. The summed E-state index contributed by atoms with van der Waals surface area (Å²) in [5.41, 5.74) is 0.894. The van der Waals surface area contributed by atoms with Crippen LogP contribution in [0.5, 0.6) is 0 Å². The average Bonchev–Trinajstić information content (AvgIpc) is 2.75. The summed E-state index contributed by atoms with van der Waals surface area (Å²) in [7, 11) is 0. The number of rotatable bonds is 2. The van der Waals surface area contributed by atoms with Crippen LogP contribution in [0.25, 0.3) is 10.2 Å². The summed E-state index contributed by atoms with van der Waals surface area (Å²) in [5, 5.41) is 3.32. The number of nitrogens with one attached hydrogen (secondary N) is 1. The molecule has 1 N–H and O–H groups in total. The number of aromatic nitrogens is 1. The minimum Gasteiger partial charge on any atom is -0.329 e. The highest BCUT2D eigenvalue weighted by Crippen LogP contribution is 2.31. The third-order valence-corrected chi connectivity index (χ3v) is 3.95. The van der Waals surface area contributed by atoms with Crippen molar-refractivity contribution in [2.75, 3.05) is 5.32 Å². The summed E-state index contributed by atoms with van der Waals surface area (Å²) in [4.78, 5) is 4.32. The molecule has 0 fully saturated rings. The van der Waals surface area contributed by atoms with Crippen LogP contribution in [0, 0.1) is 11.6 Å². The Morgan fingerprint density at radius 3 is 2.79 bits per heavy atom. The fourth-order valence-corrected chi connectivity index (χ4v) is 3.09. The first-order chi connectivity index (χ1) is 9.11. The molecule has 0 unspecified atom stereocenters. The van der Waals surface area contributed by atoms with E-state index in [-0.39, 0.29) is 5.69 Å². The molecule has 0 saturated heterocycles. The highest BCUT2D eigenvalue weighted by Gasteiger charge is 2.08. The molecule has 19 heavy (non-hydrogen) atoms. The molecule has 0 aliphatic carbocycles. The fraction of sp³-hybridized carbons (Fsp3) is 0. The second-order valence-corrected chi connectivity index (χ2v) is 5.83. The summed E-state index contributed by atoms with van der Waals surface area (Å²) >= 11 is 4.76. The van der Waals surface area contributed by atoms with Gasteiger partial charge in [-0.15, -0.1) is 0 Å². The van der Waals surface area contributed by atoms with Crippen molar-refractivity contribution in [3.05, 3.63) is 52.5 Å². The van der Waals surface area contributed by atoms with Crippen LogP contribution in [0.3, 0.4) is 0 Å². The van der Waals surface area contributed by atoms with Crippen LogP contribution in [0.15, 0.2) is 40.9 Å². The predicted molar refractivity (Wildman–Crippen MR) is 77.0 cm³/mol. The summed E-state index contributed by atoms with van der Waals surface area (Å²) in [6, 6.07) is 8.95. The molecule has 2 aromatic carbocycles. The molecule has 3 aromatic rings. The molecule has 96 valence electrons. The molecule has 3 rings (SSSR count). The molecule has 1 aromatic heterocycles. The van der Waals surface area contributed by atoms with Gasteiger partial charge in [-0.25, -0.2) is 13.8 Å². The number of thiazole rings is 1. The lowest BCUT2D eigenvalue weighted by molar-refractivity contribution is 0.603. The van der Waals surface area contributed by atoms with E-state index in [4.69, 9.17) is 0 Å². The SMILES string of the molecule is Fc1ccc(F)c(Nc2nc3ccc(Br)cc3s2)c1. The number of hydrogen-bond acceptors (Lipinski definition) is 3. The second-order valence-electron chi connectivity index (χ2n) is 3.88. The van der Waals surface area contributed by atoms with Crippen molar-refractivity contribution in [1.29, 1.82) is 0 Å². The van der Waals surface area contributed by atoms with E-state index < -0.39 is 11.6 Å². The van der Waals surface area contributed by atoms with Gasteiger partial charge in [-0.05, 0) is 30.3 Å². The van der Waals surface area contributed by atoms with Crippen molar-refractivity contribution in [2.24, 2.45) is 0 Å². The van der Waals surface area contributed by atoms with E-state index in [0.717, 1.165) is 32.9 Å². The number of benzene rings is 2. The van der Waals surface area contributed by atoms with Crippen LogP contribution >= 0.6 is 27.3 Å². The van der Waals surface area contributed by atoms with Gasteiger partial charge in [-0.1, -0.05) is 27.3 Å². The van der Waals surface area contributed by atoms with Crippen LogP contribution < -0.4 is 5.32 Å². The van der Waals surface area contributed by atoms with E-state index in [1.165, 1.54) is 11.3 Å². The Bertz CT molecular complexity index is 757. The van der Waals surface area contributed by atoms with Gasteiger partial charge in [0.1, 0.15) is 11.6 Å². The van der Waals surface area contributed by atoms with Crippen LogP contribution in [-0.2, 0) is 0 Å². The fourth-order valence-electron chi connectivity index (χ4n) is 1.66. The van der Waals surface area contributed by atoms with Crippen molar-refractivity contribution in [3.8, 4) is 0 Å². The van der Waals surface area contributed by atoms with E-state index in [1.807, 2.05) is 18.2 Å². The lowest BCUT2D eigenvalue weighted by atomic mass is 10.3. The first-order valence-corrected chi connectivity index (χ1v) is 7.01. The van der Waals surface area contributed by atoms with Gasteiger partial charge in [0.05, 0.1) is 15.9 Å². The summed E-state index contributed by atoms with van der Waals surface area (Å²) in [6.07, 6.45) is 0. The highest BCUT2D eigenvalue weighted by molar-refractivity contribution is 9.10. The molecular weight excluding hydrogens is 334 g/mol. The molecule has 0 aliphatic rings. The Morgan fingerprint density at radius 2 is 1.95 bits per heavy atom. The summed E-state index contributed by atoms with van der Waals surface area (Å²) < 4.78 is 28.5. The van der Waals surface area contributed by atoms with Gasteiger partial charge in [0.15, 0.2) is 5.13 Å². The van der Waals surface area contributed by atoms with Gasteiger partial charge in [-0.2, -0.15) is 0 Å². The normalized spacial score (nSPS) is 10.9. The number of halogens is 3. The Labute approximate surface area is 120 Å². The van der Waals surface area contributed by atoms with Gasteiger partial charge < -0.3 is 5.32 Å². The van der Waals surface area contributed by atoms with Crippen molar-refractivity contribution in [1.82, 2.24) is 4.98 Å². The van der Waals surface area contributed by atoms with Gasteiger partial charge >= 0.3 is 0 Å². The van der Waals surface area contributed by atoms with E-state index in [1.54, 1.807) is 0 Å². The molecule has 1 heterocycles. The van der Waals surface area contributed by atoms with E-state index in [2.05, 4.69) is 26.2 Å². The zero-order chi connectivity index (χ0) is 13.4. The van der Waals surface area contributed by atoms with E-state index in [9.17, 15) is 8.78 Å². The summed E-state index contributed by atoms with van der Waals surface area (Å²) in [5.74, 6) is -1.01. The number of anilines is 2. The molecule has 0 radical (unpaired) electrons. The van der Waals surface area contributed by atoms with Crippen molar-refractivity contribution in [2.45, 2.75) is 0 Å². The maximum atomic E-state index is 13.5. The van der Waals surface area contributed by atoms with E-state index in [0.29, 0.717) is 5.13 Å². The van der Waals surface area contributed by atoms with Gasteiger partial charge in [0.2, 0.25) is 0 Å². The van der Waals surface area contributed by atoms with Crippen LogP contribution in [-0.4, -0.2) is 4.98 Å². The third-order valence-electron chi connectivity index (χ3n) is 2.52. The van der Waals surface area contributed by atoms with Gasteiger partial charge in [0.25, 0.3) is 0 Å². The molecule has 0 aliphatic heterocycles. The molecular formula is C13H7BrF2N2S. The number of hydrogen-bond donors (Lipinski definition) is 1. The average molecular weight is 341 g/mol. The monoisotopic (exact) mass is 340 g/mol. The zero-order valence-corrected chi connectivity index (χ0v) is 11.9. The lowest BCUT2D eigenvalue weighted by Gasteiger charge is -2.03. The smallest absolute Gasteiger partial charge is 0.188 e. The molecule has 0 saturated carbocycles. The summed E-state index contributed by atoms with van der Waals surface area (Å²) in [6.45, 7) is 0. The second kappa shape index (κ2) is 4.86. The Morgan fingerprint density at radius 1 is 1.11 bits per heavy atom. The van der Waals surface area contributed by atoms with E-state index >= 15 is 0 Å². The first kappa shape index (κ1) is 12.5. The lowest BCUT2D eigenvalue weighted by Crippen LogP contribution is -1.93. The highest BCUT2D eigenvalue weighted by atomic mass is 79.9. The van der Waals surface area contributed by atoms with Crippen molar-refractivity contribution >= 4 is 48.3 Å². The minimum absolute atomic E-state index is 0.0816. The predicted octanol–water partition coefficient (Wildman–Crippen LogP) is 5.08. The maximum Gasteiger partial charge on any atom is 0.188 e. The standard InChI is InChI=1S/C13H7BrF2N2S/c14-7-1-4-10-12(5-7)19-13(17-10)18-11-6-8(15)2-3-9(11)16/h1-6H,(H,17,18). The first-order valence-electron chi connectivity index (χ1n) is 5.40. The minimum atomic E-state index is -0.512. The third kappa shape index (κ3) is 2.59. The molecule has 0 amide bonds. The van der Waals surface area contributed by atoms with Crippen molar-refractivity contribution < 1.29 is 8.78 Å². The van der Waals surface area contributed by atoms with Crippen LogP contribution in [0.1, 0.15) is 0 Å². The quantitative estimate of drug-likeness (QED) is 0.703. The Balaban J connectivity index is 1.98. The molecule has 2 nitrogen and oxygen atoms in total. The maximum absolute atomic E-state index is 13.5. The largest absolute Gasteiger partial charge is 0.329 e. The van der Waals surface area contributed by atoms with Crippen molar-refractivity contribution in [3.63, 3.8) is 0 Å². The Hall–Kier alpha value is -1.53. The zero-order valence-electron chi connectivity index (χ0n) is 9.45. The molecule has 0 bridgehead atoms. The Kier molecular flexibility index (Phi) is 3.20. The van der Waals surface area contributed by atoms with Gasteiger partial charge in [-0.3, -0.25) is 0 Å². The number of nitrogens with zero attached hydrogens (tertiary/aromatic N) is 1. The van der Waals surface area contributed by atoms with Crippen LogP contribution in [0.4, 0.5) is 19.6 Å². The molecule has 0 atom stereocenters. The topological polar surface area (TPSA) is 24.9 Å².